The van der Waals surface area contributed by atoms with Crippen molar-refractivity contribution < 1.29 is 38.1 Å². The van der Waals surface area contributed by atoms with Crippen molar-refractivity contribution in [2.45, 2.75) is 109 Å². The lowest BCUT2D eigenvalue weighted by molar-refractivity contribution is -0.142. The van der Waals surface area contributed by atoms with E-state index in [4.69, 9.17) is 24.2 Å². The fraction of sp³-hybridized carbons (Fsp3) is 0.553. The molecule has 1 aliphatic heterocycles. The van der Waals surface area contributed by atoms with Crippen LogP contribution in [-0.2, 0) is 18.9 Å². The topological polar surface area (TPSA) is 181 Å². The van der Waals surface area contributed by atoms with Gasteiger partial charge in [0.15, 0.2) is 5.13 Å². The number of methoxy groups -OCH3 is 1. The molecule has 3 fully saturated rings. The first-order chi connectivity index (χ1) is 25.6. The molecule has 3 unspecified atom stereocenters. The van der Waals surface area contributed by atoms with E-state index in [0.29, 0.717) is 33.8 Å². The van der Waals surface area contributed by atoms with Crippen LogP contribution in [0.3, 0.4) is 0 Å². The second kappa shape index (κ2) is 15.9. The van der Waals surface area contributed by atoms with Crippen LogP contribution in [0, 0.1) is 11.3 Å². The van der Waals surface area contributed by atoms with Crippen LogP contribution in [0.2, 0.25) is 0 Å². The molecule has 6 atom stereocenters. The third kappa shape index (κ3) is 8.53. The molecule has 0 bridgehead atoms. The van der Waals surface area contributed by atoms with E-state index >= 15 is 0 Å². The molecule has 6 rings (SSSR count). The summed E-state index contributed by atoms with van der Waals surface area (Å²) in [6.45, 7) is 13.3. The van der Waals surface area contributed by atoms with Crippen LogP contribution < -0.4 is 25.4 Å². The smallest absolute Gasteiger partial charge is 0.408 e. The Morgan fingerprint density at radius 2 is 1.87 bits per heavy atom. The minimum atomic E-state index is -3.20. The largest absolute Gasteiger partial charge is 0.497 e. The number of hydrogen-bond donors (Lipinski definition) is 4. The highest BCUT2D eigenvalue weighted by molar-refractivity contribution is 7.40. The predicted octanol–water partition coefficient (Wildman–Crippen LogP) is 6.10. The molecule has 0 radical (unpaired) electrons. The Labute approximate surface area is 320 Å². The number of anilines is 1. The zero-order chi connectivity index (χ0) is 38.9. The number of hydrogen-bond acceptors (Lipinski definition) is 11. The number of aromatic nitrogens is 2. The summed E-state index contributed by atoms with van der Waals surface area (Å²) in [7, 11) is -1.63. The van der Waals surface area contributed by atoms with Gasteiger partial charge in [0.2, 0.25) is 19.8 Å². The SMILES string of the molecule is C=C[C@@H]1C[C@]1(NC(=O)C1C[C@@H](Oc2cc(-c3csc(NC(C)C)n3)nc3cc(OC)ccc23)CN1C(=O)C(NC(=O)OC1CCCC1)C(C)(C)C)[PH](=O)O. The summed E-state index contributed by atoms with van der Waals surface area (Å²) in [5.74, 6) is -0.360. The molecule has 2 aromatic heterocycles. The van der Waals surface area contributed by atoms with Crippen LogP contribution in [0.5, 0.6) is 11.5 Å². The fourth-order valence-electron chi connectivity index (χ4n) is 7.23. The number of rotatable bonds is 13. The van der Waals surface area contributed by atoms with Gasteiger partial charge in [0.25, 0.3) is 0 Å². The highest BCUT2D eigenvalue weighted by Gasteiger charge is 2.59. The second-order valence-electron chi connectivity index (χ2n) is 15.8. The number of nitrogens with zero attached hydrogens (tertiary/aromatic N) is 3. The van der Waals surface area contributed by atoms with E-state index in [0.717, 1.165) is 30.8 Å². The van der Waals surface area contributed by atoms with Gasteiger partial charge in [-0.05, 0) is 63.5 Å². The molecule has 3 amide bonds. The monoisotopic (exact) mass is 782 g/mol. The summed E-state index contributed by atoms with van der Waals surface area (Å²) in [5, 5.41) is 11.0. The predicted molar refractivity (Wildman–Crippen MR) is 208 cm³/mol. The van der Waals surface area contributed by atoms with Crippen LogP contribution in [0.1, 0.15) is 73.1 Å². The summed E-state index contributed by atoms with van der Waals surface area (Å²) >= 11 is 1.46. The van der Waals surface area contributed by atoms with Crippen molar-refractivity contribution in [1.29, 1.82) is 0 Å². The van der Waals surface area contributed by atoms with Crippen LogP contribution in [-0.4, -0.2) is 86.9 Å². The highest BCUT2D eigenvalue weighted by Crippen LogP contribution is 2.58. The Hall–Kier alpha value is -4.20. The van der Waals surface area contributed by atoms with Crippen LogP contribution in [0.4, 0.5) is 9.93 Å². The lowest BCUT2D eigenvalue weighted by Gasteiger charge is -2.35. The van der Waals surface area contributed by atoms with Crippen molar-refractivity contribution in [3.8, 4) is 22.9 Å². The molecule has 1 saturated heterocycles. The summed E-state index contributed by atoms with van der Waals surface area (Å²) in [4.78, 5) is 63.1. The Morgan fingerprint density at radius 1 is 1.13 bits per heavy atom. The maximum atomic E-state index is 14.6. The van der Waals surface area contributed by atoms with Gasteiger partial charge in [-0.2, -0.15) is 0 Å². The van der Waals surface area contributed by atoms with Gasteiger partial charge in [0.1, 0.15) is 46.8 Å². The number of carbonyl (C=O) groups is 3. The normalized spacial score (nSPS) is 23.9. The molecular weight excluding hydrogens is 731 g/mol. The molecule has 4 N–H and O–H groups in total. The molecule has 54 heavy (non-hydrogen) atoms. The molecule has 2 aliphatic carbocycles. The molecule has 0 spiro atoms. The van der Waals surface area contributed by atoms with Gasteiger partial charge in [-0.3, -0.25) is 14.2 Å². The molecule has 3 aliphatic rings. The van der Waals surface area contributed by atoms with E-state index in [-0.39, 0.29) is 37.5 Å². The van der Waals surface area contributed by atoms with Crippen LogP contribution in [0.25, 0.3) is 22.3 Å². The number of likely N-dealkylation sites (tertiary alicyclic amines) is 1. The quantitative estimate of drug-likeness (QED) is 0.116. The number of amides is 3. The molecule has 16 heteroatoms. The zero-order valence-electron chi connectivity index (χ0n) is 31.6. The Balaban J connectivity index is 1.32. The first kappa shape index (κ1) is 39.5. The molecule has 292 valence electrons. The standard InChI is InChI=1S/C38H51N6O8PS/c1-8-22-18-38(22,53(48)49)43-33(45)30-16-25(19-44(30)34(46)32(37(4,5)6)42-36(47)52-23-11-9-10-12-23)51-31-17-28(29-20-54-35(41-29)39-21(2)3)40-27-15-24(50-7)13-14-26(27)31/h8,13-15,17,20-23,25,30,32,53H,1,9-12,16,18-19H2,2-7H3,(H,39,41)(H,42,47)(H,43,45)(H,48,49)/t22-,25-,30?,32?,38+/m1/s1. The zero-order valence-corrected chi connectivity index (χ0v) is 33.5. The van der Waals surface area contributed by atoms with E-state index in [1.54, 1.807) is 31.4 Å². The molecule has 2 saturated carbocycles. The number of fused-ring (bicyclic) bond motifs is 1. The van der Waals surface area contributed by atoms with Gasteiger partial charge in [0, 0.05) is 41.3 Å². The summed E-state index contributed by atoms with van der Waals surface area (Å²) in [6.07, 6.45) is 3.83. The third-order valence-electron chi connectivity index (χ3n) is 10.3. The molecular formula is C38H51N6O8PS. The minimum Gasteiger partial charge on any atom is -0.497 e. The van der Waals surface area contributed by atoms with Crippen molar-refractivity contribution in [2.24, 2.45) is 11.3 Å². The van der Waals surface area contributed by atoms with E-state index in [2.05, 4.69) is 22.5 Å². The van der Waals surface area contributed by atoms with Crippen LogP contribution in [0.15, 0.2) is 42.3 Å². The lowest BCUT2D eigenvalue weighted by Crippen LogP contribution is -2.58. The molecule has 1 aromatic carbocycles. The summed E-state index contributed by atoms with van der Waals surface area (Å²) in [6, 6.07) is 5.32. The van der Waals surface area contributed by atoms with Crippen molar-refractivity contribution in [3.63, 3.8) is 0 Å². The van der Waals surface area contributed by atoms with Crippen molar-refractivity contribution in [2.75, 3.05) is 19.0 Å². The maximum Gasteiger partial charge on any atom is 0.408 e. The van der Waals surface area contributed by atoms with Crippen molar-refractivity contribution in [1.82, 2.24) is 25.5 Å². The van der Waals surface area contributed by atoms with E-state index in [9.17, 15) is 23.8 Å². The number of carbonyl (C=O) groups excluding carboxylic acids is 3. The van der Waals surface area contributed by atoms with Crippen molar-refractivity contribution >= 4 is 53.3 Å². The average molecular weight is 783 g/mol. The van der Waals surface area contributed by atoms with E-state index in [1.807, 2.05) is 46.1 Å². The van der Waals surface area contributed by atoms with Gasteiger partial charge in [-0.25, -0.2) is 14.8 Å². The van der Waals surface area contributed by atoms with Gasteiger partial charge in [-0.15, -0.1) is 17.9 Å². The summed E-state index contributed by atoms with van der Waals surface area (Å²) in [5.41, 5.74) is 1.05. The number of thiazole rings is 1. The van der Waals surface area contributed by atoms with E-state index in [1.165, 1.54) is 16.2 Å². The number of pyridine rings is 1. The van der Waals surface area contributed by atoms with Gasteiger partial charge >= 0.3 is 6.09 Å². The molecule has 14 nitrogen and oxygen atoms in total. The van der Waals surface area contributed by atoms with Crippen LogP contribution >= 0.6 is 19.4 Å². The van der Waals surface area contributed by atoms with Gasteiger partial charge in [-0.1, -0.05) is 26.8 Å². The van der Waals surface area contributed by atoms with Gasteiger partial charge < -0.3 is 40.0 Å². The first-order valence-corrected chi connectivity index (χ1v) is 20.7. The fourth-order valence-corrected chi connectivity index (χ4v) is 9.14. The average Bonchev–Trinajstić information content (AvgIpc) is 3.53. The Morgan fingerprint density at radius 3 is 2.50 bits per heavy atom. The number of alkyl carbamates (subject to hydrolysis) is 1. The number of ether oxygens (including phenoxy) is 3. The second-order valence-corrected chi connectivity index (χ2v) is 18.1. The maximum absolute atomic E-state index is 14.6. The number of nitrogens with one attached hydrogen (secondary N) is 3. The Bertz CT molecular complexity index is 1930. The Kier molecular flexibility index (Phi) is 11.6. The van der Waals surface area contributed by atoms with Crippen molar-refractivity contribution in [3.05, 3.63) is 42.3 Å². The molecule has 3 heterocycles. The summed E-state index contributed by atoms with van der Waals surface area (Å²) < 4.78 is 30.4. The minimum absolute atomic E-state index is 0.00348. The highest BCUT2D eigenvalue weighted by atomic mass is 32.1. The first-order valence-electron chi connectivity index (χ1n) is 18.4. The lowest BCUT2D eigenvalue weighted by atomic mass is 9.85. The van der Waals surface area contributed by atoms with Gasteiger partial charge in [0.05, 0.1) is 24.9 Å². The molecule has 3 aromatic rings. The number of benzene rings is 1. The van der Waals surface area contributed by atoms with E-state index < -0.39 is 54.8 Å². The third-order valence-corrected chi connectivity index (χ3v) is 12.5.